The van der Waals surface area contributed by atoms with Crippen LogP contribution in [-0.4, -0.2) is 56.7 Å². The number of hydrogen-bond donors (Lipinski definition) is 1. The number of aryl methyl sites for hydroxylation is 1. The molecular formula is C20H33N3O2. The number of piperazine rings is 1. The standard InChI is InChI=1S/C20H33N3O2/c1-5-22-9-11-23(12-10-22)19-7-6-18(14-17(19)4)21-20(24)8-13-25-15-16(2)3/h6-7,14,16H,5,8-13,15H2,1-4H3,(H,21,24). The van der Waals surface area contributed by atoms with E-state index < -0.39 is 0 Å². The van der Waals surface area contributed by atoms with Crippen LogP contribution in [0.5, 0.6) is 0 Å². The van der Waals surface area contributed by atoms with Gasteiger partial charge in [0.25, 0.3) is 0 Å². The summed E-state index contributed by atoms with van der Waals surface area (Å²) in [6.07, 6.45) is 0.395. The van der Waals surface area contributed by atoms with Crippen LogP contribution in [0, 0.1) is 12.8 Å². The molecule has 1 aromatic carbocycles. The molecular weight excluding hydrogens is 314 g/mol. The van der Waals surface area contributed by atoms with Crippen LogP contribution >= 0.6 is 0 Å². The predicted molar refractivity (Wildman–Crippen MR) is 104 cm³/mol. The number of likely N-dealkylation sites (N-methyl/N-ethyl adjacent to an activating group) is 1. The third-order valence-electron chi connectivity index (χ3n) is 4.57. The summed E-state index contributed by atoms with van der Waals surface area (Å²) in [7, 11) is 0. The van der Waals surface area contributed by atoms with Crippen LogP contribution in [0.15, 0.2) is 18.2 Å². The van der Waals surface area contributed by atoms with E-state index in [0.717, 1.165) is 38.4 Å². The topological polar surface area (TPSA) is 44.8 Å². The fraction of sp³-hybridized carbons (Fsp3) is 0.650. The van der Waals surface area contributed by atoms with Crippen molar-refractivity contribution >= 4 is 17.3 Å². The summed E-state index contributed by atoms with van der Waals surface area (Å²) < 4.78 is 5.47. The van der Waals surface area contributed by atoms with Crippen LogP contribution in [0.25, 0.3) is 0 Å². The maximum atomic E-state index is 12.0. The highest BCUT2D eigenvalue weighted by molar-refractivity contribution is 5.91. The summed E-state index contributed by atoms with van der Waals surface area (Å²) in [5.74, 6) is 0.505. The highest BCUT2D eigenvalue weighted by atomic mass is 16.5. The number of carbonyl (C=O) groups excluding carboxylic acids is 1. The van der Waals surface area contributed by atoms with Gasteiger partial charge in [-0.25, -0.2) is 0 Å². The largest absolute Gasteiger partial charge is 0.381 e. The van der Waals surface area contributed by atoms with Gasteiger partial charge in [0.05, 0.1) is 13.0 Å². The first-order valence-corrected chi connectivity index (χ1v) is 9.45. The maximum absolute atomic E-state index is 12.0. The lowest BCUT2D eigenvalue weighted by Gasteiger charge is -2.36. The molecule has 25 heavy (non-hydrogen) atoms. The fourth-order valence-electron chi connectivity index (χ4n) is 3.10. The van der Waals surface area contributed by atoms with Gasteiger partial charge >= 0.3 is 0 Å². The third kappa shape index (κ3) is 6.33. The molecule has 0 aliphatic carbocycles. The molecule has 5 heteroatoms. The highest BCUT2D eigenvalue weighted by Crippen LogP contribution is 2.24. The molecule has 1 aliphatic rings. The molecule has 2 rings (SSSR count). The molecule has 1 heterocycles. The molecule has 1 fully saturated rings. The molecule has 0 radical (unpaired) electrons. The third-order valence-corrected chi connectivity index (χ3v) is 4.57. The molecule has 0 aromatic heterocycles. The van der Waals surface area contributed by atoms with E-state index in [9.17, 15) is 4.79 Å². The van der Waals surface area contributed by atoms with E-state index in [0.29, 0.717) is 25.6 Å². The smallest absolute Gasteiger partial charge is 0.226 e. The summed E-state index contributed by atoms with van der Waals surface area (Å²) >= 11 is 0. The number of anilines is 2. The molecule has 1 saturated heterocycles. The second-order valence-corrected chi connectivity index (χ2v) is 7.19. The first kappa shape index (κ1) is 19.7. The second-order valence-electron chi connectivity index (χ2n) is 7.19. The van der Waals surface area contributed by atoms with Gasteiger partial charge < -0.3 is 19.9 Å². The van der Waals surface area contributed by atoms with Gasteiger partial charge in [-0.3, -0.25) is 4.79 Å². The van der Waals surface area contributed by atoms with Crippen molar-refractivity contribution in [2.24, 2.45) is 5.92 Å². The average Bonchev–Trinajstić information content (AvgIpc) is 2.59. The van der Waals surface area contributed by atoms with Gasteiger partial charge in [0.1, 0.15) is 0 Å². The lowest BCUT2D eigenvalue weighted by molar-refractivity contribution is -0.117. The van der Waals surface area contributed by atoms with Crippen molar-refractivity contribution in [2.75, 3.05) is 56.2 Å². The Morgan fingerprint density at radius 1 is 1.24 bits per heavy atom. The van der Waals surface area contributed by atoms with Crippen molar-refractivity contribution in [3.05, 3.63) is 23.8 Å². The summed E-state index contributed by atoms with van der Waals surface area (Å²) in [4.78, 5) is 16.9. The van der Waals surface area contributed by atoms with E-state index in [2.05, 4.69) is 54.9 Å². The van der Waals surface area contributed by atoms with Crippen molar-refractivity contribution in [2.45, 2.75) is 34.1 Å². The predicted octanol–water partition coefficient (Wildman–Crippen LogP) is 3.14. The molecule has 0 bridgehead atoms. The highest BCUT2D eigenvalue weighted by Gasteiger charge is 2.17. The van der Waals surface area contributed by atoms with Crippen molar-refractivity contribution in [3.63, 3.8) is 0 Å². The number of amides is 1. The van der Waals surface area contributed by atoms with Gasteiger partial charge in [-0.15, -0.1) is 0 Å². The number of benzene rings is 1. The number of ether oxygens (including phenoxy) is 1. The monoisotopic (exact) mass is 347 g/mol. The Bertz CT molecular complexity index is 552. The van der Waals surface area contributed by atoms with Crippen molar-refractivity contribution in [1.29, 1.82) is 0 Å². The Labute approximate surface area is 152 Å². The first-order valence-electron chi connectivity index (χ1n) is 9.45. The Balaban J connectivity index is 1.83. The van der Waals surface area contributed by atoms with Crippen LogP contribution < -0.4 is 10.2 Å². The molecule has 1 amide bonds. The van der Waals surface area contributed by atoms with Crippen molar-refractivity contribution in [1.82, 2.24) is 4.90 Å². The number of nitrogens with zero attached hydrogens (tertiary/aromatic N) is 2. The Morgan fingerprint density at radius 2 is 1.96 bits per heavy atom. The minimum Gasteiger partial charge on any atom is -0.381 e. The van der Waals surface area contributed by atoms with E-state index in [4.69, 9.17) is 4.74 Å². The van der Waals surface area contributed by atoms with E-state index in [1.165, 1.54) is 11.3 Å². The quantitative estimate of drug-likeness (QED) is 0.734. The van der Waals surface area contributed by atoms with Crippen molar-refractivity contribution < 1.29 is 9.53 Å². The number of hydrogen-bond acceptors (Lipinski definition) is 4. The van der Waals surface area contributed by atoms with E-state index in [1.807, 2.05) is 6.07 Å². The lowest BCUT2D eigenvalue weighted by atomic mass is 10.1. The molecule has 140 valence electrons. The number of carbonyl (C=O) groups is 1. The zero-order valence-corrected chi connectivity index (χ0v) is 16.2. The number of nitrogens with one attached hydrogen (secondary N) is 1. The minimum atomic E-state index is 0.00691. The van der Waals surface area contributed by atoms with Gasteiger partial charge in [0, 0.05) is 44.2 Å². The van der Waals surface area contributed by atoms with Crippen LogP contribution in [0.3, 0.4) is 0 Å². The molecule has 0 saturated carbocycles. The van der Waals surface area contributed by atoms with Crippen LogP contribution in [0.1, 0.15) is 32.8 Å². The number of rotatable bonds is 8. The lowest BCUT2D eigenvalue weighted by Crippen LogP contribution is -2.46. The van der Waals surface area contributed by atoms with E-state index in [1.54, 1.807) is 0 Å². The first-order chi connectivity index (χ1) is 12.0. The average molecular weight is 348 g/mol. The maximum Gasteiger partial charge on any atom is 0.226 e. The molecule has 0 unspecified atom stereocenters. The summed E-state index contributed by atoms with van der Waals surface area (Å²) in [6, 6.07) is 6.19. The molecule has 1 aromatic rings. The zero-order valence-electron chi connectivity index (χ0n) is 16.2. The SMILES string of the molecule is CCN1CCN(c2ccc(NC(=O)CCOCC(C)C)cc2C)CC1. The van der Waals surface area contributed by atoms with E-state index >= 15 is 0 Å². The zero-order chi connectivity index (χ0) is 18.2. The Kier molecular flexibility index (Phi) is 7.72. The summed E-state index contributed by atoms with van der Waals surface area (Å²) in [5, 5.41) is 2.97. The van der Waals surface area contributed by atoms with Crippen molar-refractivity contribution in [3.8, 4) is 0 Å². The molecule has 1 N–H and O–H groups in total. The van der Waals surface area contributed by atoms with Gasteiger partial charge in [0.2, 0.25) is 5.91 Å². The van der Waals surface area contributed by atoms with Crippen LogP contribution in [0.2, 0.25) is 0 Å². The van der Waals surface area contributed by atoms with Crippen LogP contribution in [0.4, 0.5) is 11.4 Å². The molecule has 0 atom stereocenters. The van der Waals surface area contributed by atoms with Gasteiger partial charge in [-0.2, -0.15) is 0 Å². The molecule has 5 nitrogen and oxygen atoms in total. The Hall–Kier alpha value is -1.59. The Morgan fingerprint density at radius 3 is 2.56 bits per heavy atom. The molecule has 1 aliphatic heterocycles. The normalized spacial score (nSPS) is 15.6. The van der Waals surface area contributed by atoms with E-state index in [-0.39, 0.29) is 5.91 Å². The minimum absolute atomic E-state index is 0.00691. The second kappa shape index (κ2) is 9.78. The molecule has 0 spiro atoms. The van der Waals surface area contributed by atoms with Gasteiger partial charge in [-0.05, 0) is 43.1 Å². The summed E-state index contributed by atoms with van der Waals surface area (Å²) in [5.41, 5.74) is 3.34. The fourth-order valence-corrected chi connectivity index (χ4v) is 3.10. The summed E-state index contributed by atoms with van der Waals surface area (Å²) in [6.45, 7) is 15.2. The van der Waals surface area contributed by atoms with Gasteiger partial charge in [0.15, 0.2) is 0 Å². The van der Waals surface area contributed by atoms with Crippen LogP contribution in [-0.2, 0) is 9.53 Å². The van der Waals surface area contributed by atoms with Gasteiger partial charge in [-0.1, -0.05) is 20.8 Å².